The molecule has 0 unspecified atom stereocenters. The van der Waals surface area contributed by atoms with Gasteiger partial charge in [0.2, 0.25) is 5.91 Å². The second-order valence-electron chi connectivity index (χ2n) is 4.13. The minimum Gasteiger partial charge on any atom is -0.493 e. The van der Waals surface area contributed by atoms with Gasteiger partial charge in [0, 0.05) is 18.5 Å². The molecule has 5 nitrogen and oxygen atoms in total. The second kappa shape index (κ2) is 8.37. The number of hydrogen-bond donors (Lipinski definition) is 2. The highest BCUT2D eigenvalue weighted by Crippen LogP contribution is 2.30. The van der Waals surface area contributed by atoms with Crippen LogP contribution >= 0.6 is 0 Å². The average Bonchev–Trinajstić information content (AvgIpc) is 2.38. The molecule has 106 valence electrons. The fraction of sp³-hybridized carbons (Fsp3) is 0.500. The van der Waals surface area contributed by atoms with Crippen LogP contribution in [0.15, 0.2) is 18.2 Å². The van der Waals surface area contributed by atoms with E-state index in [1.54, 1.807) is 7.11 Å². The number of primary amides is 1. The van der Waals surface area contributed by atoms with Crippen LogP contribution in [0.2, 0.25) is 0 Å². The number of carbonyl (C=O) groups is 1. The Morgan fingerprint density at radius 2 is 2.21 bits per heavy atom. The molecule has 1 aromatic rings. The predicted molar refractivity (Wildman–Crippen MR) is 74.3 cm³/mol. The number of amides is 1. The predicted octanol–water partition coefficient (Wildman–Crippen LogP) is 1.45. The van der Waals surface area contributed by atoms with Crippen LogP contribution in [-0.4, -0.2) is 26.2 Å². The van der Waals surface area contributed by atoms with Crippen LogP contribution in [-0.2, 0) is 11.3 Å². The van der Waals surface area contributed by atoms with Crippen LogP contribution < -0.4 is 20.5 Å². The monoisotopic (exact) mass is 266 g/mol. The van der Waals surface area contributed by atoms with Crippen molar-refractivity contribution >= 4 is 5.91 Å². The molecule has 19 heavy (non-hydrogen) atoms. The van der Waals surface area contributed by atoms with Gasteiger partial charge in [-0.05, 0) is 26.0 Å². The Kier molecular flexibility index (Phi) is 6.74. The first-order valence-electron chi connectivity index (χ1n) is 6.46. The quantitative estimate of drug-likeness (QED) is 0.663. The highest BCUT2D eigenvalue weighted by Gasteiger charge is 2.09. The average molecular weight is 266 g/mol. The third-order valence-electron chi connectivity index (χ3n) is 2.66. The molecule has 0 fully saturated rings. The van der Waals surface area contributed by atoms with Crippen molar-refractivity contribution in [3.63, 3.8) is 0 Å². The standard InChI is InChI=1S/C14H22N2O3/c1-3-19-12-7-4-6-11(14(12)18-2)10-16-9-5-8-13(15)17/h4,6-7,16H,3,5,8-10H2,1-2H3,(H2,15,17). The summed E-state index contributed by atoms with van der Waals surface area (Å²) in [6.07, 6.45) is 1.14. The second-order valence-corrected chi connectivity index (χ2v) is 4.13. The van der Waals surface area contributed by atoms with Crippen LogP contribution in [0.5, 0.6) is 11.5 Å². The summed E-state index contributed by atoms with van der Waals surface area (Å²) in [6, 6.07) is 5.81. The number of carbonyl (C=O) groups excluding carboxylic acids is 1. The minimum absolute atomic E-state index is 0.266. The Labute approximate surface area is 114 Å². The summed E-state index contributed by atoms with van der Waals surface area (Å²) in [5.41, 5.74) is 6.12. The van der Waals surface area contributed by atoms with E-state index in [2.05, 4.69) is 5.32 Å². The van der Waals surface area contributed by atoms with E-state index >= 15 is 0 Å². The first-order chi connectivity index (χ1) is 9.19. The molecule has 5 heteroatoms. The van der Waals surface area contributed by atoms with Gasteiger partial charge in [-0.15, -0.1) is 0 Å². The van der Waals surface area contributed by atoms with E-state index < -0.39 is 0 Å². The number of rotatable bonds is 9. The Bertz CT molecular complexity index is 408. The zero-order valence-corrected chi connectivity index (χ0v) is 11.6. The summed E-state index contributed by atoms with van der Waals surface area (Å²) >= 11 is 0. The first kappa shape index (κ1) is 15.3. The lowest BCUT2D eigenvalue weighted by Gasteiger charge is -2.14. The number of hydrogen-bond acceptors (Lipinski definition) is 4. The van der Waals surface area contributed by atoms with Gasteiger partial charge < -0.3 is 20.5 Å². The maximum Gasteiger partial charge on any atom is 0.217 e. The van der Waals surface area contributed by atoms with Gasteiger partial charge in [0.05, 0.1) is 13.7 Å². The Balaban J connectivity index is 2.52. The third-order valence-corrected chi connectivity index (χ3v) is 2.66. The molecule has 0 saturated carbocycles. The summed E-state index contributed by atoms with van der Waals surface area (Å²) in [4.78, 5) is 10.6. The van der Waals surface area contributed by atoms with Gasteiger partial charge in [-0.1, -0.05) is 12.1 Å². The number of nitrogens with one attached hydrogen (secondary N) is 1. The smallest absolute Gasteiger partial charge is 0.217 e. The van der Waals surface area contributed by atoms with E-state index in [0.717, 1.165) is 30.0 Å². The van der Waals surface area contributed by atoms with Crippen LogP contribution in [0.1, 0.15) is 25.3 Å². The molecule has 1 rings (SSSR count). The van der Waals surface area contributed by atoms with Crippen molar-refractivity contribution in [1.82, 2.24) is 5.32 Å². The first-order valence-corrected chi connectivity index (χ1v) is 6.46. The molecular weight excluding hydrogens is 244 g/mol. The molecule has 0 radical (unpaired) electrons. The van der Waals surface area contributed by atoms with Crippen molar-refractivity contribution in [2.75, 3.05) is 20.3 Å². The van der Waals surface area contributed by atoms with Crippen LogP contribution in [0, 0.1) is 0 Å². The highest BCUT2D eigenvalue weighted by atomic mass is 16.5. The summed E-state index contributed by atoms with van der Waals surface area (Å²) in [5.74, 6) is 1.24. The number of para-hydroxylation sites is 1. The van der Waals surface area contributed by atoms with E-state index in [0.29, 0.717) is 19.6 Å². The van der Waals surface area contributed by atoms with Crippen molar-refractivity contribution in [2.45, 2.75) is 26.3 Å². The van der Waals surface area contributed by atoms with E-state index in [1.165, 1.54) is 0 Å². The number of nitrogens with two attached hydrogens (primary N) is 1. The molecule has 0 saturated heterocycles. The minimum atomic E-state index is -0.266. The maximum atomic E-state index is 10.6. The summed E-state index contributed by atoms with van der Waals surface area (Å²) in [6.45, 7) is 3.95. The summed E-state index contributed by atoms with van der Waals surface area (Å²) in [5, 5.41) is 3.26. The van der Waals surface area contributed by atoms with Crippen molar-refractivity contribution in [3.05, 3.63) is 23.8 Å². The van der Waals surface area contributed by atoms with Gasteiger partial charge in [-0.25, -0.2) is 0 Å². The van der Waals surface area contributed by atoms with Gasteiger partial charge in [0.25, 0.3) is 0 Å². The molecule has 0 aliphatic rings. The highest BCUT2D eigenvalue weighted by molar-refractivity contribution is 5.73. The molecule has 0 bridgehead atoms. The summed E-state index contributed by atoms with van der Waals surface area (Å²) < 4.78 is 10.9. The number of benzene rings is 1. The largest absolute Gasteiger partial charge is 0.493 e. The van der Waals surface area contributed by atoms with E-state index in [4.69, 9.17) is 15.2 Å². The lowest BCUT2D eigenvalue weighted by Crippen LogP contribution is -2.18. The Morgan fingerprint density at radius 1 is 1.42 bits per heavy atom. The molecule has 0 heterocycles. The molecule has 0 aliphatic heterocycles. The topological polar surface area (TPSA) is 73.6 Å². The van der Waals surface area contributed by atoms with E-state index in [9.17, 15) is 4.79 Å². The third kappa shape index (κ3) is 5.18. The van der Waals surface area contributed by atoms with E-state index in [1.807, 2.05) is 25.1 Å². The van der Waals surface area contributed by atoms with Crippen LogP contribution in [0.25, 0.3) is 0 Å². The Hall–Kier alpha value is -1.75. The van der Waals surface area contributed by atoms with Gasteiger partial charge in [-0.2, -0.15) is 0 Å². The lowest BCUT2D eigenvalue weighted by atomic mass is 10.2. The maximum absolute atomic E-state index is 10.6. The fourth-order valence-corrected chi connectivity index (χ4v) is 1.81. The summed E-state index contributed by atoms with van der Waals surface area (Å²) in [7, 11) is 1.63. The zero-order valence-electron chi connectivity index (χ0n) is 11.6. The van der Waals surface area contributed by atoms with Crippen molar-refractivity contribution in [1.29, 1.82) is 0 Å². The van der Waals surface area contributed by atoms with Crippen LogP contribution in [0.4, 0.5) is 0 Å². The molecule has 3 N–H and O–H groups in total. The van der Waals surface area contributed by atoms with Crippen LogP contribution in [0.3, 0.4) is 0 Å². The SMILES string of the molecule is CCOc1cccc(CNCCCC(N)=O)c1OC. The van der Waals surface area contributed by atoms with E-state index in [-0.39, 0.29) is 5.91 Å². The number of ether oxygens (including phenoxy) is 2. The molecule has 0 atom stereocenters. The van der Waals surface area contributed by atoms with Crippen molar-refractivity contribution in [3.8, 4) is 11.5 Å². The van der Waals surface area contributed by atoms with Crippen molar-refractivity contribution in [2.24, 2.45) is 5.73 Å². The van der Waals surface area contributed by atoms with Gasteiger partial charge >= 0.3 is 0 Å². The van der Waals surface area contributed by atoms with Gasteiger partial charge in [-0.3, -0.25) is 4.79 Å². The fourth-order valence-electron chi connectivity index (χ4n) is 1.81. The van der Waals surface area contributed by atoms with Crippen molar-refractivity contribution < 1.29 is 14.3 Å². The lowest BCUT2D eigenvalue weighted by molar-refractivity contribution is -0.118. The Morgan fingerprint density at radius 3 is 2.84 bits per heavy atom. The molecule has 0 aliphatic carbocycles. The molecule has 1 aromatic carbocycles. The number of methoxy groups -OCH3 is 1. The normalized spacial score (nSPS) is 10.2. The molecule has 0 spiro atoms. The molecule has 1 amide bonds. The zero-order chi connectivity index (χ0) is 14.1. The molecular formula is C14H22N2O3. The van der Waals surface area contributed by atoms with Gasteiger partial charge in [0.15, 0.2) is 11.5 Å². The van der Waals surface area contributed by atoms with Gasteiger partial charge in [0.1, 0.15) is 0 Å². The molecule has 0 aromatic heterocycles.